The summed E-state index contributed by atoms with van der Waals surface area (Å²) in [5.41, 5.74) is 8.48. The van der Waals surface area contributed by atoms with Crippen LogP contribution in [0.25, 0.3) is 0 Å². The molecule has 2 atom stereocenters. The molecule has 2 aromatic rings. The molecule has 0 spiro atoms. The molecule has 1 aromatic heterocycles. The van der Waals surface area contributed by atoms with Crippen molar-refractivity contribution in [3.05, 3.63) is 65.5 Å². The van der Waals surface area contributed by atoms with E-state index in [1.54, 1.807) is 18.3 Å². The average molecular weight is 537 g/mol. The van der Waals surface area contributed by atoms with Crippen LogP contribution in [0, 0.1) is 5.41 Å². The van der Waals surface area contributed by atoms with Crippen molar-refractivity contribution in [2.45, 2.75) is 50.4 Å². The second-order valence-corrected chi connectivity index (χ2v) is 8.19. The van der Waals surface area contributed by atoms with Crippen LogP contribution in [0.2, 0.25) is 0 Å². The lowest BCUT2D eigenvalue weighted by molar-refractivity contribution is -0.192. The van der Waals surface area contributed by atoms with Gasteiger partial charge in [-0.2, -0.15) is 13.2 Å². The number of benzene rings is 1. The molecule has 1 aliphatic rings. The number of alkyl halides is 3. The number of nitrogens with one attached hydrogen (secondary N) is 2. The van der Waals surface area contributed by atoms with Gasteiger partial charge in [-0.3, -0.25) is 20.0 Å². The molecule has 0 fully saturated rings. The Bertz CT molecular complexity index is 1160. The van der Waals surface area contributed by atoms with Crippen molar-refractivity contribution < 1.29 is 42.6 Å². The number of nitrogen functional groups attached to an aromatic ring is 1. The lowest BCUT2D eigenvalue weighted by atomic mass is 10.0. The SMILES string of the molecule is N=C(N)c1ccc(C2=NOC(CC(=O)N[C@H](CCc3ccccn3)CC(=O)O)C2)cc1.O=C(O)C(F)(F)F. The molecule has 0 radical (unpaired) electrons. The molecule has 0 bridgehead atoms. The summed E-state index contributed by atoms with van der Waals surface area (Å²) >= 11 is 0. The zero-order valence-corrected chi connectivity index (χ0v) is 19.9. The Kier molecular flexibility index (Phi) is 10.7. The number of amides is 1. The zero-order valence-electron chi connectivity index (χ0n) is 19.9. The Balaban J connectivity index is 0.000000638. The van der Waals surface area contributed by atoms with Crippen LogP contribution in [0.1, 0.15) is 42.5 Å². The Morgan fingerprint density at radius 3 is 2.34 bits per heavy atom. The summed E-state index contributed by atoms with van der Waals surface area (Å²) in [6.45, 7) is 0. The van der Waals surface area contributed by atoms with Crippen LogP contribution >= 0.6 is 0 Å². The third kappa shape index (κ3) is 10.2. The van der Waals surface area contributed by atoms with Crippen molar-refractivity contribution in [1.82, 2.24) is 10.3 Å². The zero-order chi connectivity index (χ0) is 28.3. The first-order chi connectivity index (χ1) is 17.8. The molecular weight excluding hydrogens is 511 g/mol. The van der Waals surface area contributed by atoms with E-state index in [1.165, 1.54) is 0 Å². The summed E-state index contributed by atoms with van der Waals surface area (Å²) in [5, 5.41) is 30.6. The van der Waals surface area contributed by atoms with Crippen LogP contribution in [0.15, 0.2) is 53.8 Å². The number of halogens is 3. The Morgan fingerprint density at radius 1 is 1.16 bits per heavy atom. The Hall–Kier alpha value is -4.49. The van der Waals surface area contributed by atoms with Gasteiger partial charge in [0.05, 0.1) is 18.6 Å². The first-order valence-corrected chi connectivity index (χ1v) is 11.2. The topological polar surface area (TPSA) is 188 Å². The molecule has 38 heavy (non-hydrogen) atoms. The van der Waals surface area contributed by atoms with E-state index in [1.807, 2.05) is 30.3 Å². The minimum atomic E-state index is -5.08. The molecule has 6 N–H and O–H groups in total. The number of aliphatic carboxylic acids is 2. The van der Waals surface area contributed by atoms with E-state index in [9.17, 15) is 22.8 Å². The predicted octanol–water partition coefficient (Wildman–Crippen LogP) is 2.47. The van der Waals surface area contributed by atoms with Crippen LogP contribution in [0.3, 0.4) is 0 Å². The van der Waals surface area contributed by atoms with E-state index in [0.717, 1.165) is 11.3 Å². The molecule has 11 nitrogen and oxygen atoms in total. The monoisotopic (exact) mass is 537 g/mol. The van der Waals surface area contributed by atoms with Crippen molar-refractivity contribution >= 4 is 29.4 Å². The Labute approximate surface area is 215 Å². The van der Waals surface area contributed by atoms with Gasteiger partial charge in [0.1, 0.15) is 11.9 Å². The van der Waals surface area contributed by atoms with Gasteiger partial charge in [0.25, 0.3) is 0 Å². The maximum atomic E-state index is 12.5. The number of carboxylic acid groups (broad SMARTS) is 2. The fourth-order valence-corrected chi connectivity index (χ4v) is 3.35. The van der Waals surface area contributed by atoms with Crippen LogP contribution in [0.4, 0.5) is 13.2 Å². The second-order valence-electron chi connectivity index (χ2n) is 8.19. The molecule has 204 valence electrons. The van der Waals surface area contributed by atoms with Crippen LogP contribution < -0.4 is 11.1 Å². The fourth-order valence-electron chi connectivity index (χ4n) is 3.35. The number of nitrogens with two attached hydrogens (primary N) is 1. The standard InChI is InChI=1S/C22H25N5O4.C2HF3O2/c23-22(24)15-6-4-14(5-7-15)19-12-18(31-27-19)13-20(28)26-17(11-21(29)30)9-8-16-3-1-2-10-25-16;3-2(4,5)1(6)7/h1-7,10,17-18H,8-9,11-13H2,(H3,23,24)(H,26,28)(H,29,30);(H,6,7)/t17-,18?;/m1./s1. The maximum absolute atomic E-state index is 12.5. The van der Waals surface area contributed by atoms with Gasteiger partial charge >= 0.3 is 18.1 Å². The summed E-state index contributed by atoms with van der Waals surface area (Å²) in [6.07, 6.45) is -2.38. The number of hydrogen-bond acceptors (Lipinski definition) is 7. The fraction of sp³-hybridized carbons (Fsp3) is 0.333. The Morgan fingerprint density at radius 2 is 1.82 bits per heavy atom. The molecule has 0 saturated carbocycles. The summed E-state index contributed by atoms with van der Waals surface area (Å²) in [6, 6.07) is 12.1. The molecule has 14 heteroatoms. The molecule has 0 saturated heterocycles. The molecule has 1 unspecified atom stereocenters. The summed E-state index contributed by atoms with van der Waals surface area (Å²) in [5.74, 6) is -4.01. The highest BCUT2D eigenvalue weighted by atomic mass is 19.4. The number of pyridine rings is 1. The normalized spacial score (nSPS) is 15.2. The summed E-state index contributed by atoms with van der Waals surface area (Å²) in [7, 11) is 0. The minimum absolute atomic E-state index is 0.00957. The molecule has 1 aromatic carbocycles. The summed E-state index contributed by atoms with van der Waals surface area (Å²) in [4.78, 5) is 42.2. The highest BCUT2D eigenvalue weighted by Gasteiger charge is 2.38. The van der Waals surface area contributed by atoms with Crippen molar-refractivity contribution in [2.75, 3.05) is 0 Å². The van der Waals surface area contributed by atoms with Gasteiger partial charge < -0.3 is 26.1 Å². The van der Waals surface area contributed by atoms with Crippen molar-refractivity contribution in [3.63, 3.8) is 0 Å². The number of carbonyl (C=O) groups is 3. The quantitative estimate of drug-likeness (QED) is 0.226. The van der Waals surface area contributed by atoms with Gasteiger partial charge in [-0.1, -0.05) is 35.5 Å². The predicted molar refractivity (Wildman–Crippen MR) is 129 cm³/mol. The highest BCUT2D eigenvalue weighted by molar-refractivity contribution is 6.02. The highest BCUT2D eigenvalue weighted by Crippen LogP contribution is 2.20. The number of aryl methyl sites for hydroxylation is 1. The van der Waals surface area contributed by atoms with Gasteiger partial charge in [0, 0.05) is 29.9 Å². The second kappa shape index (κ2) is 13.7. The van der Waals surface area contributed by atoms with Gasteiger partial charge in [0.15, 0.2) is 0 Å². The number of nitrogens with zero attached hydrogens (tertiary/aromatic N) is 2. The van der Waals surface area contributed by atoms with Crippen LogP contribution in [0.5, 0.6) is 0 Å². The number of amidine groups is 1. The number of rotatable bonds is 10. The van der Waals surface area contributed by atoms with E-state index < -0.39 is 30.3 Å². The molecular formula is C24H26F3N5O6. The smallest absolute Gasteiger partial charge is 0.481 e. The molecule has 0 aliphatic carbocycles. The van der Waals surface area contributed by atoms with Crippen LogP contribution in [-0.4, -0.2) is 62.9 Å². The number of carbonyl (C=O) groups excluding carboxylic acids is 1. The molecule has 2 heterocycles. The van der Waals surface area contributed by atoms with E-state index in [4.69, 9.17) is 31.0 Å². The lowest BCUT2D eigenvalue weighted by Crippen LogP contribution is -2.38. The minimum Gasteiger partial charge on any atom is -0.481 e. The number of hydrogen-bond donors (Lipinski definition) is 5. The van der Waals surface area contributed by atoms with Gasteiger partial charge in [-0.05, 0) is 30.5 Å². The number of oxime groups is 1. The molecule has 1 amide bonds. The largest absolute Gasteiger partial charge is 0.490 e. The van der Waals surface area contributed by atoms with E-state index in [2.05, 4.69) is 15.5 Å². The van der Waals surface area contributed by atoms with E-state index in [-0.39, 0.29) is 24.6 Å². The third-order valence-electron chi connectivity index (χ3n) is 5.18. The number of carboxylic acids is 2. The van der Waals surface area contributed by atoms with Crippen molar-refractivity contribution in [2.24, 2.45) is 10.9 Å². The molecule has 3 rings (SSSR count). The summed E-state index contributed by atoms with van der Waals surface area (Å²) < 4.78 is 31.7. The molecule has 1 aliphatic heterocycles. The van der Waals surface area contributed by atoms with E-state index >= 15 is 0 Å². The lowest BCUT2D eigenvalue weighted by Gasteiger charge is -2.18. The van der Waals surface area contributed by atoms with Gasteiger partial charge in [0.2, 0.25) is 5.91 Å². The van der Waals surface area contributed by atoms with Crippen molar-refractivity contribution in [3.8, 4) is 0 Å². The van der Waals surface area contributed by atoms with Crippen LogP contribution in [-0.2, 0) is 25.6 Å². The van der Waals surface area contributed by atoms with E-state index in [0.29, 0.717) is 30.5 Å². The number of aromatic nitrogens is 1. The third-order valence-corrected chi connectivity index (χ3v) is 5.18. The van der Waals surface area contributed by atoms with Gasteiger partial charge in [-0.15, -0.1) is 0 Å². The van der Waals surface area contributed by atoms with Crippen molar-refractivity contribution in [1.29, 1.82) is 5.41 Å². The first kappa shape index (κ1) is 29.7. The average Bonchev–Trinajstić information content (AvgIpc) is 3.31. The maximum Gasteiger partial charge on any atom is 0.490 e. The van der Waals surface area contributed by atoms with Gasteiger partial charge in [-0.25, -0.2) is 4.79 Å². The first-order valence-electron chi connectivity index (χ1n) is 11.2.